The normalized spacial score (nSPS) is 11.3. The van der Waals surface area contributed by atoms with Crippen LogP contribution >= 0.6 is 11.8 Å². The van der Waals surface area contributed by atoms with Gasteiger partial charge in [-0.1, -0.05) is 42.1 Å². The summed E-state index contributed by atoms with van der Waals surface area (Å²) < 4.78 is 15.4. The van der Waals surface area contributed by atoms with Gasteiger partial charge in [0, 0.05) is 24.2 Å². The Balaban J connectivity index is 1.88. The number of benzene rings is 2. The Kier molecular flexibility index (Phi) is 7.26. The van der Waals surface area contributed by atoms with Gasteiger partial charge in [-0.2, -0.15) is 0 Å². The zero-order chi connectivity index (χ0) is 21.7. The second-order valence-corrected chi connectivity index (χ2v) is 8.59. The van der Waals surface area contributed by atoms with Crippen molar-refractivity contribution in [2.75, 3.05) is 5.75 Å². The SMILES string of the molecule is CC(C)N(C(=O)CSc1nnc(Cc2ccccc2)n1-c1ccc(F)cc1)C(C)C. The molecule has 5 nitrogen and oxygen atoms in total. The number of carbonyl (C=O) groups is 1. The predicted molar refractivity (Wildman–Crippen MR) is 118 cm³/mol. The van der Waals surface area contributed by atoms with Crippen LogP contribution < -0.4 is 0 Å². The standard InChI is InChI=1S/C23H27FN4OS/c1-16(2)27(17(3)4)22(29)15-30-23-26-25-21(14-18-8-6-5-7-9-18)28(23)20-12-10-19(24)11-13-20/h5-13,16-17H,14-15H2,1-4H3. The van der Waals surface area contributed by atoms with E-state index in [1.54, 1.807) is 12.1 Å². The van der Waals surface area contributed by atoms with Crippen LogP contribution in [0, 0.1) is 5.82 Å². The molecule has 0 atom stereocenters. The Morgan fingerprint density at radius 3 is 2.23 bits per heavy atom. The van der Waals surface area contributed by atoms with Crippen LogP contribution in [0.15, 0.2) is 59.8 Å². The number of thioether (sulfide) groups is 1. The summed E-state index contributed by atoms with van der Waals surface area (Å²) in [5.41, 5.74) is 1.87. The molecule has 1 amide bonds. The van der Waals surface area contributed by atoms with E-state index in [9.17, 15) is 9.18 Å². The number of rotatable bonds is 8. The van der Waals surface area contributed by atoms with Crippen LogP contribution in [0.3, 0.4) is 0 Å². The highest BCUT2D eigenvalue weighted by Gasteiger charge is 2.22. The molecule has 0 bridgehead atoms. The molecule has 0 N–H and O–H groups in total. The molecule has 0 aliphatic carbocycles. The van der Waals surface area contributed by atoms with Crippen LogP contribution in [0.1, 0.15) is 39.1 Å². The molecule has 0 saturated carbocycles. The molecule has 2 aromatic carbocycles. The molecular weight excluding hydrogens is 399 g/mol. The van der Waals surface area contributed by atoms with Crippen molar-refractivity contribution in [3.8, 4) is 5.69 Å². The first-order chi connectivity index (χ1) is 14.4. The lowest BCUT2D eigenvalue weighted by Crippen LogP contribution is -2.43. The molecule has 0 aliphatic rings. The van der Waals surface area contributed by atoms with Crippen LogP contribution in [0.2, 0.25) is 0 Å². The van der Waals surface area contributed by atoms with E-state index in [0.717, 1.165) is 17.1 Å². The zero-order valence-electron chi connectivity index (χ0n) is 17.7. The highest BCUT2D eigenvalue weighted by atomic mass is 32.2. The average Bonchev–Trinajstić information content (AvgIpc) is 3.09. The molecule has 0 unspecified atom stereocenters. The Morgan fingerprint density at radius 2 is 1.63 bits per heavy atom. The Labute approximate surface area is 181 Å². The lowest BCUT2D eigenvalue weighted by molar-refractivity contribution is -0.131. The van der Waals surface area contributed by atoms with E-state index in [0.29, 0.717) is 11.6 Å². The van der Waals surface area contributed by atoms with Gasteiger partial charge in [0.1, 0.15) is 11.6 Å². The summed E-state index contributed by atoms with van der Waals surface area (Å²) in [6.45, 7) is 8.06. The van der Waals surface area contributed by atoms with Gasteiger partial charge in [-0.3, -0.25) is 9.36 Å². The van der Waals surface area contributed by atoms with E-state index >= 15 is 0 Å². The zero-order valence-corrected chi connectivity index (χ0v) is 18.6. The first-order valence-corrected chi connectivity index (χ1v) is 11.0. The van der Waals surface area contributed by atoms with Crippen molar-refractivity contribution in [2.24, 2.45) is 0 Å². The fraction of sp³-hybridized carbons (Fsp3) is 0.348. The number of aromatic nitrogens is 3. The van der Waals surface area contributed by atoms with Gasteiger partial charge in [0.25, 0.3) is 0 Å². The molecule has 1 aromatic heterocycles. The van der Waals surface area contributed by atoms with Crippen LogP contribution in [0.4, 0.5) is 4.39 Å². The lowest BCUT2D eigenvalue weighted by Gasteiger charge is -2.30. The highest BCUT2D eigenvalue weighted by Crippen LogP contribution is 2.24. The van der Waals surface area contributed by atoms with E-state index in [4.69, 9.17) is 0 Å². The van der Waals surface area contributed by atoms with Crippen LogP contribution in [-0.2, 0) is 11.2 Å². The van der Waals surface area contributed by atoms with Crippen LogP contribution in [0.5, 0.6) is 0 Å². The molecule has 7 heteroatoms. The number of nitrogens with zero attached hydrogens (tertiary/aromatic N) is 4. The number of amides is 1. The maximum atomic E-state index is 13.5. The molecule has 1 heterocycles. The van der Waals surface area contributed by atoms with Gasteiger partial charge >= 0.3 is 0 Å². The van der Waals surface area contributed by atoms with Crippen LogP contribution in [0.25, 0.3) is 5.69 Å². The van der Waals surface area contributed by atoms with Gasteiger partial charge in [0.05, 0.1) is 5.75 Å². The summed E-state index contributed by atoms with van der Waals surface area (Å²) >= 11 is 1.35. The van der Waals surface area contributed by atoms with Crippen molar-refractivity contribution in [3.63, 3.8) is 0 Å². The van der Waals surface area contributed by atoms with Crippen molar-refractivity contribution < 1.29 is 9.18 Å². The Bertz CT molecular complexity index is 963. The monoisotopic (exact) mass is 426 g/mol. The Hall–Kier alpha value is -2.67. The maximum Gasteiger partial charge on any atom is 0.233 e. The summed E-state index contributed by atoms with van der Waals surface area (Å²) in [7, 11) is 0. The van der Waals surface area contributed by atoms with Gasteiger partial charge in [0.15, 0.2) is 5.16 Å². The minimum atomic E-state index is -0.301. The molecule has 0 spiro atoms. The van der Waals surface area contributed by atoms with Gasteiger partial charge in [0.2, 0.25) is 5.91 Å². The molecule has 158 valence electrons. The van der Waals surface area contributed by atoms with E-state index in [1.165, 1.54) is 23.9 Å². The summed E-state index contributed by atoms with van der Waals surface area (Å²) in [6, 6.07) is 16.5. The number of hydrogen-bond donors (Lipinski definition) is 0. The summed E-state index contributed by atoms with van der Waals surface area (Å²) in [4.78, 5) is 14.7. The molecule has 0 saturated heterocycles. The van der Waals surface area contributed by atoms with E-state index in [-0.39, 0.29) is 29.6 Å². The molecule has 3 rings (SSSR count). The minimum absolute atomic E-state index is 0.0586. The van der Waals surface area contributed by atoms with Crippen molar-refractivity contribution in [2.45, 2.75) is 51.4 Å². The fourth-order valence-corrected chi connectivity index (χ4v) is 4.35. The van der Waals surface area contributed by atoms with Gasteiger partial charge in [-0.25, -0.2) is 4.39 Å². The molecular formula is C23H27FN4OS. The highest BCUT2D eigenvalue weighted by molar-refractivity contribution is 7.99. The van der Waals surface area contributed by atoms with E-state index < -0.39 is 0 Å². The molecule has 3 aromatic rings. The fourth-order valence-electron chi connectivity index (χ4n) is 3.51. The molecule has 0 radical (unpaired) electrons. The minimum Gasteiger partial charge on any atom is -0.337 e. The van der Waals surface area contributed by atoms with Crippen molar-refractivity contribution in [3.05, 3.63) is 71.8 Å². The third kappa shape index (κ3) is 5.27. The quantitative estimate of drug-likeness (QED) is 0.489. The van der Waals surface area contributed by atoms with Gasteiger partial charge < -0.3 is 4.90 Å². The second kappa shape index (κ2) is 9.89. The van der Waals surface area contributed by atoms with E-state index in [2.05, 4.69) is 10.2 Å². The first-order valence-electron chi connectivity index (χ1n) is 10.0. The third-order valence-electron chi connectivity index (χ3n) is 4.72. The first kappa shape index (κ1) is 22.0. The lowest BCUT2D eigenvalue weighted by atomic mass is 10.1. The summed E-state index contributed by atoms with van der Waals surface area (Å²) in [5.74, 6) is 0.766. The summed E-state index contributed by atoms with van der Waals surface area (Å²) in [6.07, 6.45) is 0.587. The average molecular weight is 427 g/mol. The topological polar surface area (TPSA) is 51.0 Å². The van der Waals surface area contributed by atoms with Gasteiger partial charge in [-0.15, -0.1) is 10.2 Å². The molecule has 0 aliphatic heterocycles. The van der Waals surface area contributed by atoms with E-state index in [1.807, 2.05) is 67.5 Å². The molecule has 30 heavy (non-hydrogen) atoms. The Morgan fingerprint density at radius 1 is 1.00 bits per heavy atom. The maximum absolute atomic E-state index is 13.5. The van der Waals surface area contributed by atoms with Crippen molar-refractivity contribution in [1.29, 1.82) is 0 Å². The van der Waals surface area contributed by atoms with Crippen molar-refractivity contribution in [1.82, 2.24) is 19.7 Å². The third-order valence-corrected chi connectivity index (χ3v) is 5.63. The van der Waals surface area contributed by atoms with Crippen LogP contribution in [-0.4, -0.2) is 43.4 Å². The summed E-state index contributed by atoms with van der Waals surface area (Å²) in [5, 5.41) is 9.34. The number of hydrogen-bond acceptors (Lipinski definition) is 4. The predicted octanol–water partition coefficient (Wildman–Crippen LogP) is 4.73. The number of carbonyl (C=O) groups excluding carboxylic acids is 1. The largest absolute Gasteiger partial charge is 0.337 e. The van der Waals surface area contributed by atoms with Crippen molar-refractivity contribution >= 4 is 17.7 Å². The molecule has 0 fully saturated rings. The smallest absolute Gasteiger partial charge is 0.233 e. The number of halogens is 1. The van der Waals surface area contributed by atoms with Gasteiger partial charge in [-0.05, 0) is 57.5 Å². The second-order valence-electron chi connectivity index (χ2n) is 7.65.